The average Bonchev–Trinajstić information content (AvgIpc) is 2.55. The van der Waals surface area contributed by atoms with Gasteiger partial charge in [-0.1, -0.05) is 80.6 Å². The summed E-state index contributed by atoms with van der Waals surface area (Å²) in [6.07, 6.45) is 12.1. The molecule has 1 aliphatic carbocycles. The zero-order chi connectivity index (χ0) is 14.3. The molecule has 0 nitrogen and oxygen atoms in total. The largest absolute Gasteiger partial charge is 0.0620 e. The van der Waals surface area contributed by atoms with Gasteiger partial charge in [-0.05, 0) is 47.9 Å². The third-order valence-corrected chi connectivity index (χ3v) is 4.72. The van der Waals surface area contributed by atoms with E-state index in [0.29, 0.717) is 0 Å². The Morgan fingerprint density at radius 3 is 1.29 bits per heavy atom. The third-order valence-electron chi connectivity index (χ3n) is 4.72. The number of rotatable bonds is 0. The first-order chi connectivity index (χ1) is 10.4. The highest BCUT2D eigenvalue weighted by Gasteiger charge is 2.09. The summed E-state index contributed by atoms with van der Waals surface area (Å²) in [7, 11) is 0. The summed E-state index contributed by atoms with van der Waals surface area (Å²) in [6, 6.07) is 18.0. The second-order valence-corrected chi connectivity index (χ2v) is 6.29. The van der Waals surface area contributed by atoms with Crippen molar-refractivity contribution >= 4 is 0 Å². The molecule has 1 aliphatic rings. The predicted molar refractivity (Wildman–Crippen MR) is 91.6 cm³/mol. The van der Waals surface area contributed by atoms with Crippen molar-refractivity contribution in [3.8, 4) is 11.1 Å². The van der Waals surface area contributed by atoms with Crippen LogP contribution in [0.4, 0.5) is 0 Å². The number of aryl methyl sites for hydroxylation is 2. The Labute approximate surface area is 129 Å². The van der Waals surface area contributed by atoms with Crippen LogP contribution in [0.2, 0.25) is 0 Å². The SMILES string of the molecule is c1ccc2c(c1)CCCCCCCCCc1ccccc1-2. The first-order valence-electron chi connectivity index (χ1n) is 8.61. The molecule has 0 aromatic heterocycles. The lowest BCUT2D eigenvalue weighted by molar-refractivity contribution is 0.580. The summed E-state index contributed by atoms with van der Waals surface area (Å²) in [5.74, 6) is 0. The fourth-order valence-electron chi connectivity index (χ4n) is 3.52. The molecule has 0 saturated heterocycles. The maximum atomic E-state index is 2.33. The minimum Gasteiger partial charge on any atom is -0.0620 e. The van der Waals surface area contributed by atoms with Crippen LogP contribution in [0.3, 0.4) is 0 Å². The summed E-state index contributed by atoms with van der Waals surface area (Å²) >= 11 is 0. The molecule has 3 rings (SSSR count). The predicted octanol–water partition coefficient (Wildman–Crippen LogP) is 6.18. The van der Waals surface area contributed by atoms with E-state index in [1.807, 2.05) is 0 Å². The highest BCUT2D eigenvalue weighted by Crippen LogP contribution is 2.30. The van der Waals surface area contributed by atoms with Gasteiger partial charge in [0.25, 0.3) is 0 Å². The standard InChI is InChI=1S/C21H26/c1-2-4-6-12-18-14-8-10-16-20(18)21-17-11-9-15-19(21)13-7-5-3-1/h8-11,14-17H,1-7,12-13H2. The van der Waals surface area contributed by atoms with E-state index in [1.54, 1.807) is 0 Å². The van der Waals surface area contributed by atoms with Crippen molar-refractivity contribution in [1.82, 2.24) is 0 Å². The molecule has 2 aromatic carbocycles. The summed E-state index contributed by atoms with van der Waals surface area (Å²) in [4.78, 5) is 0. The van der Waals surface area contributed by atoms with Crippen LogP contribution in [-0.2, 0) is 12.8 Å². The van der Waals surface area contributed by atoms with Gasteiger partial charge in [-0.3, -0.25) is 0 Å². The van der Waals surface area contributed by atoms with Crippen molar-refractivity contribution < 1.29 is 0 Å². The summed E-state index contributed by atoms with van der Waals surface area (Å²) in [5.41, 5.74) is 5.99. The third kappa shape index (κ3) is 3.75. The van der Waals surface area contributed by atoms with Crippen molar-refractivity contribution in [2.45, 2.75) is 57.8 Å². The summed E-state index contributed by atoms with van der Waals surface area (Å²) < 4.78 is 0. The smallest absolute Gasteiger partial charge is 0.0149 e. The maximum absolute atomic E-state index is 2.33. The lowest BCUT2D eigenvalue weighted by atomic mass is 9.91. The van der Waals surface area contributed by atoms with E-state index in [0.717, 1.165) is 0 Å². The van der Waals surface area contributed by atoms with Gasteiger partial charge >= 0.3 is 0 Å². The normalized spacial score (nSPS) is 16.8. The van der Waals surface area contributed by atoms with Crippen LogP contribution in [0.15, 0.2) is 48.5 Å². The van der Waals surface area contributed by atoms with Crippen LogP contribution in [0.25, 0.3) is 11.1 Å². The lowest BCUT2D eigenvalue weighted by Crippen LogP contribution is -1.94. The topological polar surface area (TPSA) is 0 Å². The first kappa shape index (κ1) is 14.4. The van der Waals surface area contributed by atoms with Gasteiger partial charge in [0.05, 0.1) is 0 Å². The molecule has 21 heavy (non-hydrogen) atoms. The van der Waals surface area contributed by atoms with E-state index >= 15 is 0 Å². The van der Waals surface area contributed by atoms with Crippen molar-refractivity contribution in [3.05, 3.63) is 59.7 Å². The van der Waals surface area contributed by atoms with Gasteiger partial charge in [0.2, 0.25) is 0 Å². The second kappa shape index (κ2) is 7.45. The van der Waals surface area contributed by atoms with E-state index in [9.17, 15) is 0 Å². The van der Waals surface area contributed by atoms with Crippen LogP contribution < -0.4 is 0 Å². The van der Waals surface area contributed by atoms with Gasteiger partial charge in [0.1, 0.15) is 0 Å². The minimum absolute atomic E-state index is 1.23. The molecule has 0 bridgehead atoms. The van der Waals surface area contributed by atoms with Crippen LogP contribution in [0.5, 0.6) is 0 Å². The molecule has 0 N–H and O–H groups in total. The van der Waals surface area contributed by atoms with Crippen LogP contribution >= 0.6 is 0 Å². The summed E-state index contributed by atoms with van der Waals surface area (Å²) in [6.45, 7) is 0. The van der Waals surface area contributed by atoms with E-state index in [2.05, 4.69) is 48.5 Å². The van der Waals surface area contributed by atoms with Crippen LogP contribution in [0, 0.1) is 0 Å². The van der Waals surface area contributed by atoms with E-state index in [4.69, 9.17) is 0 Å². The zero-order valence-electron chi connectivity index (χ0n) is 13.0. The van der Waals surface area contributed by atoms with Crippen molar-refractivity contribution in [2.75, 3.05) is 0 Å². The molecule has 0 heterocycles. The molecule has 0 spiro atoms. The van der Waals surface area contributed by atoms with E-state index in [-0.39, 0.29) is 0 Å². The van der Waals surface area contributed by atoms with Gasteiger partial charge in [0.15, 0.2) is 0 Å². The fraction of sp³-hybridized carbons (Fsp3) is 0.429. The number of fused-ring (bicyclic) bond motifs is 3. The highest BCUT2D eigenvalue weighted by molar-refractivity contribution is 5.70. The van der Waals surface area contributed by atoms with Crippen molar-refractivity contribution in [1.29, 1.82) is 0 Å². The Bertz CT molecular complexity index is 516. The van der Waals surface area contributed by atoms with Gasteiger partial charge in [-0.2, -0.15) is 0 Å². The second-order valence-electron chi connectivity index (χ2n) is 6.29. The molecule has 2 aromatic rings. The molecular formula is C21H26. The first-order valence-corrected chi connectivity index (χ1v) is 8.61. The molecule has 0 atom stereocenters. The summed E-state index contributed by atoms with van der Waals surface area (Å²) in [5, 5.41) is 0. The molecule has 0 unspecified atom stereocenters. The molecule has 0 radical (unpaired) electrons. The maximum Gasteiger partial charge on any atom is -0.0149 e. The molecule has 0 heteroatoms. The quantitative estimate of drug-likeness (QED) is 0.539. The van der Waals surface area contributed by atoms with E-state index < -0.39 is 0 Å². The molecular weight excluding hydrogens is 252 g/mol. The Morgan fingerprint density at radius 1 is 0.429 bits per heavy atom. The van der Waals surface area contributed by atoms with Gasteiger partial charge in [-0.15, -0.1) is 0 Å². The average molecular weight is 278 g/mol. The molecule has 0 fully saturated rings. The number of benzene rings is 2. The molecule has 0 aliphatic heterocycles. The van der Waals surface area contributed by atoms with E-state index in [1.165, 1.54) is 80.0 Å². The van der Waals surface area contributed by atoms with Crippen molar-refractivity contribution in [3.63, 3.8) is 0 Å². The monoisotopic (exact) mass is 278 g/mol. The lowest BCUT2D eigenvalue weighted by Gasteiger charge is -2.13. The van der Waals surface area contributed by atoms with Crippen LogP contribution in [-0.4, -0.2) is 0 Å². The Kier molecular flexibility index (Phi) is 5.10. The Hall–Kier alpha value is -1.56. The molecule has 0 amide bonds. The number of hydrogen-bond donors (Lipinski definition) is 0. The van der Waals surface area contributed by atoms with Gasteiger partial charge in [-0.25, -0.2) is 0 Å². The number of hydrogen-bond acceptors (Lipinski definition) is 0. The zero-order valence-corrected chi connectivity index (χ0v) is 13.0. The molecule has 110 valence electrons. The molecule has 0 saturated carbocycles. The Morgan fingerprint density at radius 2 is 0.810 bits per heavy atom. The fourth-order valence-corrected chi connectivity index (χ4v) is 3.52. The highest BCUT2D eigenvalue weighted by atomic mass is 14.1. The van der Waals surface area contributed by atoms with Gasteiger partial charge in [0, 0.05) is 0 Å². The van der Waals surface area contributed by atoms with Crippen molar-refractivity contribution in [2.24, 2.45) is 0 Å². The Balaban J connectivity index is 1.96. The van der Waals surface area contributed by atoms with Gasteiger partial charge < -0.3 is 0 Å². The van der Waals surface area contributed by atoms with Crippen LogP contribution in [0.1, 0.15) is 56.1 Å². The minimum atomic E-state index is 1.23.